The second kappa shape index (κ2) is 5.80. The van der Waals surface area contributed by atoms with Crippen LogP contribution in [0.15, 0.2) is 0 Å². The summed E-state index contributed by atoms with van der Waals surface area (Å²) >= 11 is 0. The van der Waals surface area contributed by atoms with Gasteiger partial charge in [-0.3, -0.25) is 0 Å². The van der Waals surface area contributed by atoms with Crippen molar-refractivity contribution in [3.63, 3.8) is 0 Å². The highest BCUT2D eigenvalue weighted by Gasteiger charge is 2.49. The van der Waals surface area contributed by atoms with Crippen LogP contribution in [0.4, 0.5) is 4.79 Å². The number of nitrogens with zero attached hydrogens (tertiary/aromatic N) is 1. The Morgan fingerprint density at radius 3 is 2.26 bits per heavy atom. The van der Waals surface area contributed by atoms with Crippen LogP contribution in [0.5, 0.6) is 0 Å². The van der Waals surface area contributed by atoms with Crippen molar-refractivity contribution >= 4 is 12.0 Å². The van der Waals surface area contributed by atoms with Crippen LogP contribution in [0.25, 0.3) is 0 Å². The molecule has 5 heteroatoms. The largest absolute Gasteiger partial charge is 0.480 e. The second-order valence-corrected chi connectivity index (χ2v) is 6.30. The summed E-state index contributed by atoms with van der Waals surface area (Å²) in [7, 11) is 1.72. The Morgan fingerprint density at radius 1 is 1.37 bits per heavy atom. The number of amides is 2. The minimum atomic E-state index is -1.14. The Hall–Kier alpha value is -1.26. The van der Waals surface area contributed by atoms with Crippen LogP contribution in [-0.2, 0) is 4.79 Å². The van der Waals surface area contributed by atoms with Crippen LogP contribution >= 0.6 is 0 Å². The molecule has 1 aliphatic rings. The maximum atomic E-state index is 12.2. The quantitative estimate of drug-likeness (QED) is 0.778. The van der Waals surface area contributed by atoms with E-state index in [4.69, 9.17) is 0 Å². The summed E-state index contributed by atoms with van der Waals surface area (Å²) in [4.78, 5) is 25.1. The molecule has 2 amide bonds. The van der Waals surface area contributed by atoms with Crippen molar-refractivity contribution < 1.29 is 14.7 Å². The van der Waals surface area contributed by atoms with Gasteiger partial charge in [-0.15, -0.1) is 0 Å². The van der Waals surface area contributed by atoms with Crippen LogP contribution in [0.3, 0.4) is 0 Å². The predicted molar refractivity (Wildman–Crippen MR) is 74.0 cm³/mol. The van der Waals surface area contributed by atoms with Crippen LogP contribution < -0.4 is 5.32 Å². The van der Waals surface area contributed by atoms with Crippen LogP contribution in [0, 0.1) is 11.8 Å². The van der Waals surface area contributed by atoms with Crippen LogP contribution in [0.1, 0.15) is 47.0 Å². The molecular weight excluding hydrogens is 244 g/mol. The van der Waals surface area contributed by atoms with Gasteiger partial charge in [-0.2, -0.15) is 0 Å². The van der Waals surface area contributed by atoms with E-state index in [1.54, 1.807) is 18.9 Å². The molecule has 2 atom stereocenters. The molecule has 0 aromatic carbocycles. The lowest BCUT2D eigenvalue weighted by Crippen LogP contribution is -2.58. The van der Waals surface area contributed by atoms with E-state index in [1.165, 1.54) is 0 Å². The van der Waals surface area contributed by atoms with Crippen molar-refractivity contribution in [1.29, 1.82) is 0 Å². The highest BCUT2D eigenvalue weighted by Crippen LogP contribution is 2.39. The number of urea groups is 1. The molecule has 1 aliphatic carbocycles. The average molecular weight is 270 g/mol. The minimum absolute atomic E-state index is 0.0581. The van der Waals surface area contributed by atoms with E-state index in [1.807, 2.05) is 6.92 Å². The molecule has 19 heavy (non-hydrogen) atoms. The Bertz CT molecular complexity index is 353. The summed E-state index contributed by atoms with van der Waals surface area (Å²) in [5.41, 5.74) is -1.14. The molecule has 2 N–H and O–H groups in total. The smallest absolute Gasteiger partial charge is 0.329 e. The standard InChI is InChI=1S/C14H26N2O3/c1-9(2)8-10(3)16(5)13(19)15-14(4,12(17)18)11-6-7-11/h9-11H,6-8H2,1-5H3,(H,15,19)(H,17,18). The maximum absolute atomic E-state index is 12.2. The van der Waals surface area contributed by atoms with Crippen molar-refractivity contribution in [1.82, 2.24) is 10.2 Å². The van der Waals surface area contributed by atoms with Crippen molar-refractivity contribution in [3.05, 3.63) is 0 Å². The minimum Gasteiger partial charge on any atom is -0.480 e. The molecule has 2 unspecified atom stereocenters. The topological polar surface area (TPSA) is 69.6 Å². The Kier molecular flexibility index (Phi) is 4.82. The van der Waals surface area contributed by atoms with Gasteiger partial charge in [0.25, 0.3) is 0 Å². The SMILES string of the molecule is CC(C)CC(C)N(C)C(=O)NC(C)(C(=O)O)C1CC1. The summed E-state index contributed by atoms with van der Waals surface area (Å²) in [6.07, 6.45) is 2.64. The lowest BCUT2D eigenvalue weighted by molar-refractivity contribution is -0.144. The molecule has 110 valence electrons. The van der Waals surface area contributed by atoms with Crippen molar-refractivity contribution in [2.75, 3.05) is 7.05 Å². The number of hydrogen-bond donors (Lipinski definition) is 2. The number of carboxylic acids is 1. The number of rotatable bonds is 6. The molecule has 1 saturated carbocycles. The van der Waals surface area contributed by atoms with E-state index in [9.17, 15) is 14.7 Å². The summed E-state index contributed by atoms with van der Waals surface area (Å²) in [6, 6.07) is -0.206. The van der Waals surface area contributed by atoms with E-state index in [2.05, 4.69) is 19.2 Å². The van der Waals surface area contributed by atoms with Gasteiger partial charge >= 0.3 is 12.0 Å². The number of carbonyl (C=O) groups is 2. The molecule has 0 bridgehead atoms. The first-order chi connectivity index (χ1) is 8.68. The van der Waals surface area contributed by atoms with Gasteiger partial charge in [0.1, 0.15) is 5.54 Å². The lowest BCUT2D eigenvalue weighted by Gasteiger charge is -2.32. The van der Waals surface area contributed by atoms with Gasteiger partial charge in [0, 0.05) is 13.1 Å². The van der Waals surface area contributed by atoms with Gasteiger partial charge in [-0.25, -0.2) is 9.59 Å². The molecule has 1 fully saturated rings. The first-order valence-corrected chi connectivity index (χ1v) is 6.96. The summed E-state index contributed by atoms with van der Waals surface area (Å²) in [5, 5.41) is 12.0. The van der Waals surface area contributed by atoms with Gasteiger partial charge in [0.2, 0.25) is 0 Å². The van der Waals surface area contributed by atoms with Crippen LogP contribution in [-0.4, -0.2) is 40.6 Å². The van der Waals surface area contributed by atoms with Gasteiger partial charge in [-0.05, 0) is 44.9 Å². The average Bonchev–Trinajstić information content (AvgIpc) is 3.10. The highest BCUT2D eigenvalue weighted by atomic mass is 16.4. The van der Waals surface area contributed by atoms with E-state index in [-0.39, 0.29) is 18.0 Å². The van der Waals surface area contributed by atoms with Crippen molar-refractivity contribution in [2.45, 2.75) is 58.5 Å². The van der Waals surface area contributed by atoms with E-state index >= 15 is 0 Å². The molecule has 0 heterocycles. The fourth-order valence-corrected chi connectivity index (χ4v) is 2.34. The molecule has 0 spiro atoms. The van der Waals surface area contributed by atoms with E-state index in [0.717, 1.165) is 19.3 Å². The zero-order chi connectivity index (χ0) is 14.8. The number of nitrogens with one attached hydrogen (secondary N) is 1. The van der Waals surface area contributed by atoms with Gasteiger partial charge < -0.3 is 15.3 Å². The van der Waals surface area contributed by atoms with Crippen molar-refractivity contribution in [3.8, 4) is 0 Å². The third-order valence-electron chi connectivity index (χ3n) is 4.00. The molecule has 0 saturated heterocycles. The molecule has 0 aromatic heterocycles. The number of carboxylic acid groups (broad SMARTS) is 1. The third kappa shape index (κ3) is 3.85. The highest BCUT2D eigenvalue weighted by molar-refractivity contribution is 5.86. The molecule has 0 radical (unpaired) electrons. The molecule has 1 rings (SSSR count). The molecule has 5 nitrogen and oxygen atoms in total. The zero-order valence-electron chi connectivity index (χ0n) is 12.6. The van der Waals surface area contributed by atoms with E-state index < -0.39 is 11.5 Å². The van der Waals surface area contributed by atoms with Gasteiger partial charge in [0.15, 0.2) is 0 Å². The number of hydrogen-bond acceptors (Lipinski definition) is 2. The van der Waals surface area contributed by atoms with E-state index in [0.29, 0.717) is 5.92 Å². The predicted octanol–water partition coefficient (Wildman–Crippen LogP) is 2.32. The monoisotopic (exact) mass is 270 g/mol. The van der Waals surface area contributed by atoms with Crippen molar-refractivity contribution in [2.24, 2.45) is 11.8 Å². The first-order valence-electron chi connectivity index (χ1n) is 6.96. The van der Waals surface area contributed by atoms with Gasteiger partial charge in [0.05, 0.1) is 0 Å². The summed E-state index contributed by atoms with van der Waals surface area (Å²) in [6.45, 7) is 7.79. The fraction of sp³-hybridized carbons (Fsp3) is 0.857. The molecule has 0 aliphatic heterocycles. The number of aliphatic carboxylic acids is 1. The lowest BCUT2D eigenvalue weighted by atomic mass is 9.96. The van der Waals surface area contributed by atoms with Crippen LogP contribution in [0.2, 0.25) is 0 Å². The maximum Gasteiger partial charge on any atom is 0.329 e. The van der Waals surface area contributed by atoms with Gasteiger partial charge in [-0.1, -0.05) is 13.8 Å². The second-order valence-electron chi connectivity index (χ2n) is 6.30. The fourth-order valence-electron chi connectivity index (χ4n) is 2.34. The Labute approximate surface area is 115 Å². The molecule has 0 aromatic rings. The Balaban J connectivity index is 2.64. The summed E-state index contributed by atoms with van der Waals surface area (Å²) in [5.74, 6) is -0.393. The third-order valence-corrected chi connectivity index (χ3v) is 4.00. The first kappa shape index (κ1) is 15.8. The molecular formula is C14H26N2O3. The number of carbonyl (C=O) groups excluding carboxylic acids is 1. The summed E-state index contributed by atoms with van der Waals surface area (Å²) < 4.78 is 0. The normalized spacial score (nSPS) is 19.7. The zero-order valence-corrected chi connectivity index (χ0v) is 12.6. The Morgan fingerprint density at radius 2 is 1.89 bits per heavy atom.